The second-order valence-electron chi connectivity index (χ2n) is 15.0. The van der Waals surface area contributed by atoms with E-state index in [1.807, 2.05) is 78.9 Å². The number of hydrogen-bond acceptors (Lipinski definition) is 7. The lowest BCUT2D eigenvalue weighted by Gasteiger charge is -2.41. The van der Waals surface area contributed by atoms with Gasteiger partial charge >= 0.3 is 12.0 Å². The minimum absolute atomic E-state index is 0.000405. The van der Waals surface area contributed by atoms with Crippen LogP contribution < -0.4 is 10.6 Å². The van der Waals surface area contributed by atoms with E-state index in [9.17, 15) is 14.7 Å². The Morgan fingerprint density at radius 2 is 1.65 bits per heavy atom. The number of ether oxygens (including phenoxy) is 3. The van der Waals surface area contributed by atoms with E-state index in [4.69, 9.17) is 14.2 Å². The Balaban J connectivity index is 1.14. The molecule has 3 N–H and O–H groups in total. The third-order valence-electron chi connectivity index (χ3n) is 10.1. The van der Waals surface area contributed by atoms with E-state index in [1.165, 1.54) is 26.4 Å². The number of rotatable bonds is 10. The molecule has 48 heavy (non-hydrogen) atoms. The van der Waals surface area contributed by atoms with Gasteiger partial charge in [-0.1, -0.05) is 87.5 Å². The molecule has 9 heteroatoms. The van der Waals surface area contributed by atoms with Gasteiger partial charge in [-0.05, 0) is 58.9 Å². The number of hydrogen-bond donors (Lipinski definition) is 3. The number of urea groups is 1. The second-order valence-corrected chi connectivity index (χ2v) is 15.0. The molecule has 0 aromatic heterocycles. The number of nitrogens with zero attached hydrogens (tertiary/aromatic N) is 1. The van der Waals surface area contributed by atoms with Crippen LogP contribution in [0.25, 0.3) is 0 Å². The molecule has 2 saturated heterocycles. The minimum atomic E-state index is -0.829. The predicted octanol–water partition coefficient (Wildman–Crippen LogP) is 6.53. The number of aliphatic hydroxyl groups is 1. The van der Waals surface area contributed by atoms with Crippen molar-refractivity contribution in [2.75, 3.05) is 25.5 Å². The highest BCUT2D eigenvalue weighted by molar-refractivity contribution is 5.92. The number of amides is 2. The molecule has 3 aliphatic rings. The van der Waals surface area contributed by atoms with Crippen LogP contribution in [0, 0.1) is 10.8 Å². The smallest absolute Gasteiger partial charge is 0.328 e. The molecule has 0 radical (unpaired) electrons. The Kier molecular flexibility index (Phi) is 10.2. The van der Waals surface area contributed by atoms with Gasteiger partial charge in [-0.25, -0.2) is 9.59 Å². The number of carbonyl (C=O) groups is 2. The lowest BCUT2D eigenvalue weighted by Crippen LogP contribution is -2.45. The average Bonchev–Trinajstić information content (AvgIpc) is 3.31. The summed E-state index contributed by atoms with van der Waals surface area (Å²) in [6, 6.07) is 24.1. The van der Waals surface area contributed by atoms with Crippen molar-refractivity contribution in [3.63, 3.8) is 0 Å². The fourth-order valence-corrected chi connectivity index (χ4v) is 8.32. The molecule has 0 spiro atoms. The van der Waals surface area contributed by atoms with Gasteiger partial charge in [0.2, 0.25) is 0 Å². The van der Waals surface area contributed by atoms with Crippen LogP contribution in [-0.2, 0) is 32.0 Å². The first-order chi connectivity index (χ1) is 23.0. The van der Waals surface area contributed by atoms with E-state index in [1.54, 1.807) is 0 Å². The maximum atomic E-state index is 12.9. The van der Waals surface area contributed by atoms with E-state index in [0.717, 1.165) is 41.8 Å². The molecule has 3 aromatic carbocycles. The molecule has 2 aliphatic heterocycles. The summed E-state index contributed by atoms with van der Waals surface area (Å²) < 4.78 is 18.2. The summed E-state index contributed by atoms with van der Waals surface area (Å²) in [5.41, 5.74) is 4.95. The number of nitrogens with one attached hydrogen (secondary N) is 2. The Morgan fingerprint density at radius 3 is 2.33 bits per heavy atom. The highest BCUT2D eigenvalue weighted by Gasteiger charge is 2.50. The molecule has 1 saturated carbocycles. The standard InChI is InChI=1S/C39H49N3O6/c1-38(2)20-31-21-39(3,24-38)25-42(31)22-32-19-34(28-12-10-27(23-43)11-13-28)48-36(47-32)29-14-16-30(17-15-29)40-37(45)41-33(35(44)46-4)18-26-8-6-5-7-9-26/h5-17,31-34,36,43H,18-25H2,1-4H3,(H2,40,41,45). The molecule has 6 unspecified atom stereocenters. The van der Waals surface area contributed by atoms with Crippen LogP contribution >= 0.6 is 0 Å². The highest BCUT2D eigenvalue weighted by Crippen LogP contribution is 2.53. The Morgan fingerprint density at radius 1 is 0.938 bits per heavy atom. The van der Waals surface area contributed by atoms with Crippen LogP contribution in [-0.4, -0.2) is 60.4 Å². The van der Waals surface area contributed by atoms with Crippen LogP contribution in [0.1, 0.15) is 81.1 Å². The van der Waals surface area contributed by atoms with Crippen molar-refractivity contribution in [1.82, 2.24) is 10.2 Å². The number of aliphatic hydroxyl groups excluding tert-OH is 1. The average molecular weight is 656 g/mol. The number of carbonyl (C=O) groups excluding carboxylic acids is 2. The highest BCUT2D eigenvalue weighted by atomic mass is 16.7. The Labute approximate surface area is 284 Å². The molecule has 2 heterocycles. The lowest BCUT2D eigenvalue weighted by atomic mass is 9.65. The molecule has 6 rings (SSSR count). The molecule has 3 fully saturated rings. The third kappa shape index (κ3) is 8.26. The number of likely N-dealkylation sites (tertiary alicyclic amines) is 1. The summed E-state index contributed by atoms with van der Waals surface area (Å²) >= 11 is 0. The van der Waals surface area contributed by atoms with Gasteiger partial charge < -0.3 is 30.0 Å². The van der Waals surface area contributed by atoms with Crippen molar-refractivity contribution >= 4 is 17.7 Å². The van der Waals surface area contributed by atoms with E-state index >= 15 is 0 Å². The Hall–Kier alpha value is -3.76. The first kappa shape index (κ1) is 34.1. The topological polar surface area (TPSA) is 109 Å². The summed E-state index contributed by atoms with van der Waals surface area (Å²) in [6.45, 7) is 9.18. The van der Waals surface area contributed by atoms with Gasteiger partial charge in [-0.15, -0.1) is 0 Å². The number of benzene rings is 3. The molecular weight excluding hydrogens is 606 g/mol. The molecule has 256 valence electrons. The fraction of sp³-hybridized carbons (Fsp3) is 0.487. The summed E-state index contributed by atoms with van der Waals surface area (Å²) in [7, 11) is 1.31. The minimum Gasteiger partial charge on any atom is -0.467 e. The zero-order valence-electron chi connectivity index (χ0n) is 28.5. The monoisotopic (exact) mass is 655 g/mol. The first-order valence-corrected chi connectivity index (χ1v) is 17.1. The van der Waals surface area contributed by atoms with E-state index in [0.29, 0.717) is 29.0 Å². The number of fused-ring (bicyclic) bond motifs is 2. The van der Waals surface area contributed by atoms with Gasteiger partial charge in [0, 0.05) is 43.2 Å². The van der Waals surface area contributed by atoms with Crippen LogP contribution in [0.3, 0.4) is 0 Å². The molecule has 9 nitrogen and oxygen atoms in total. The van der Waals surface area contributed by atoms with Gasteiger partial charge in [0.25, 0.3) is 0 Å². The van der Waals surface area contributed by atoms with Crippen LogP contribution in [0.15, 0.2) is 78.9 Å². The van der Waals surface area contributed by atoms with E-state index < -0.39 is 24.3 Å². The van der Waals surface area contributed by atoms with Crippen LogP contribution in [0.2, 0.25) is 0 Å². The SMILES string of the molecule is COC(=O)C(Cc1ccccc1)NC(=O)Nc1ccc(C2OC(CN3CC4(C)CC3CC(C)(C)C4)CC(c3ccc(CO)cc3)O2)cc1. The van der Waals surface area contributed by atoms with Gasteiger partial charge in [-0.3, -0.25) is 4.90 Å². The number of esters is 1. The van der Waals surface area contributed by atoms with E-state index in [2.05, 4.69) is 36.3 Å². The number of anilines is 1. The molecule has 6 atom stereocenters. The van der Waals surface area contributed by atoms with Crippen molar-refractivity contribution in [3.05, 3.63) is 101 Å². The first-order valence-electron chi connectivity index (χ1n) is 17.1. The van der Waals surface area contributed by atoms with Gasteiger partial charge in [0.05, 0.1) is 25.9 Å². The second kappa shape index (κ2) is 14.4. The maximum Gasteiger partial charge on any atom is 0.328 e. The van der Waals surface area contributed by atoms with E-state index in [-0.39, 0.29) is 18.8 Å². The summed E-state index contributed by atoms with van der Waals surface area (Å²) in [4.78, 5) is 28.0. The summed E-state index contributed by atoms with van der Waals surface area (Å²) in [5, 5.41) is 15.2. The Bertz CT molecular complexity index is 1550. The van der Waals surface area contributed by atoms with Crippen LogP contribution in [0.4, 0.5) is 10.5 Å². The fourth-order valence-electron chi connectivity index (χ4n) is 8.32. The lowest BCUT2D eigenvalue weighted by molar-refractivity contribution is -0.253. The molecule has 2 bridgehead atoms. The van der Waals surface area contributed by atoms with Gasteiger partial charge in [0.1, 0.15) is 6.04 Å². The normalized spacial score (nSPS) is 27.2. The molecule has 3 aromatic rings. The van der Waals surface area contributed by atoms with Gasteiger partial charge in [-0.2, -0.15) is 0 Å². The zero-order valence-corrected chi connectivity index (χ0v) is 28.5. The van der Waals surface area contributed by atoms with Crippen molar-refractivity contribution in [1.29, 1.82) is 0 Å². The van der Waals surface area contributed by atoms with Gasteiger partial charge in [0.15, 0.2) is 6.29 Å². The molecule has 2 amide bonds. The zero-order chi connectivity index (χ0) is 33.9. The van der Waals surface area contributed by atoms with Crippen molar-refractivity contribution in [2.45, 2.75) is 90.1 Å². The predicted molar refractivity (Wildman–Crippen MR) is 184 cm³/mol. The third-order valence-corrected chi connectivity index (χ3v) is 10.1. The largest absolute Gasteiger partial charge is 0.467 e. The summed E-state index contributed by atoms with van der Waals surface area (Å²) in [5.74, 6) is -0.513. The van der Waals surface area contributed by atoms with Crippen molar-refractivity contribution in [3.8, 4) is 0 Å². The summed E-state index contributed by atoms with van der Waals surface area (Å²) in [6.07, 6.45) is 3.97. The van der Waals surface area contributed by atoms with Crippen molar-refractivity contribution in [2.24, 2.45) is 10.8 Å². The van der Waals surface area contributed by atoms with Crippen molar-refractivity contribution < 1.29 is 28.9 Å². The quantitative estimate of drug-likeness (QED) is 0.213. The number of methoxy groups -OCH3 is 1. The molecule has 1 aliphatic carbocycles. The van der Waals surface area contributed by atoms with Crippen LogP contribution in [0.5, 0.6) is 0 Å². The molecular formula is C39H49N3O6. The maximum absolute atomic E-state index is 12.9.